The predicted octanol–water partition coefficient (Wildman–Crippen LogP) is 1.32. The van der Waals surface area contributed by atoms with Crippen LogP contribution in [0.4, 0.5) is 0 Å². The fraction of sp³-hybridized carbons (Fsp3) is 0.111. The van der Waals surface area contributed by atoms with Gasteiger partial charge in [-0.3, -0.25) is 0 Å². The largest absolute Gasteiger partial charge is 0.476 e. The van der Waals surface area contributed by atoms with Gasteiger partial charge < -0.3 is 5.11 Å². The minimum absolute atomic E-state index is 0.142. The van der Waals surface area contributed by atoms with Gasteiger partial charge in [0.15, 0.2) is 10.8 Å². The summed E-state index contributed by atoms with van der Waals surface area (Å²) in [6, 6.07) is 3.45. The second kappa shape index (κ2) is 3.90. The number of hydrogen-bond acceptors (Lipinski definition) is 4. The Morgan fingerprint density at radius 1 is 1.50 bits per heavy atom. The molecular weight excluding hydrogens is 232 g/mol. The second-order valence-corrected chi connectivity index (χ2v) is 3.47. The zero-order chi connectivity index (χ0) is 11.7. The van der Waals surface area contributed by atoms with Crippen molar-refractivity contribution in [3.8, 4) is 5.69 Å². The Labute approximate surface area is 95.5 Å². The first-order valence-corrected chi connectivity index (χ1v) is 4.75. The summed E-state index contributed by atoms with van der Waals surface area (Å²) in [6.07, 6.45) is 1.28. The van der Waals surface area contributed by atoms with E-state index in [1.54, 1.807) is 19.1 Å². The van der Waals surface area contributed by atoms with Gasteiger partial charge in [0, 0.05) is 5.69 Å². The number of hydrogen-bond donors (Lipinski definition) is 1. The molecule has 0 aromatic carbocycles. The molecule has 2 aromatic rings. The zero-order valence-electron chi connectivity index (χ0n) is 8.25. The van der Waals surface area contributed by atoms with Crippen LogP contribution in [0, 0.1) is 6.92 Å². The predicted molar refractivity (Wildman–Crippen MR) is 55.9 cm³/mol. The van der Waals surface area contributed by atoms with Crippen LogP contribution in [-0.2, 0) is 0 Å². The quantitative estimate of drug-likeness (QED) is 0.798. The van der Waals surface area contributed by atoms with Gasteiger partial charge in [-0.2, -0.15) is 0 Å². The van der Waals surface area contributed by atoms with Crippen molar-refractivity contribution in [2.24, 2.45) is 0 Å². The van der Waals surface area contributed by atoms with Crippen LogP contribution in [0.2, 0.25) is 5.15 Å². The van der Waals surface area contributed by atoms with E-state index in [1.807, 2.05) is 0 Å². The summed E-state index contributed by atoms with van der Waals surface area (Å²) in [6.45, 7) is 1.81. The van der Waals surface area contributed by atoms with Crippen LogP contribution in [0.5, 0.6) is 0 Å². The normalized spacial score (nSPS) is 10.4. The summed E-state index contributed by atoms with van der Waals surface area (Å²) in [5.41, 5.74) is 1.12. The SMILES string of the molecule is Cc1ccc(-n2cc(C(=O)O)nn2)c(Cl)n1. The van der Waals surface area contributed by atoms with E-state index in [1.165, 1.54) is 10.9 Å². The molecule has 0 bridgehead atoms. The maximum absolute atomic E-state index is 10.6. The highest BCUT2D eigenvalue weighted by molar-refractivity contribution is 6.31. The summed E-state index contributed by atoms with van der Waals surface area (Å²) in [5, 5.41) is 16.1. The molecule has 6 nitrogen and oxygen atoms in total. The van der Waals surface area contributed by atoms with E-state index in [4.69, 9.17) is 16.7 Å². The molecule has 2 heterocycles. The number of halogens is 1. The smallest absolute Gasteiger partial charge is 0.358 e. The molecule has 0 fully saturated rings. The third kappa shape index (κ3) is 1.87. The van der Waals surface area contributed by atoms with Gasteiger partial charge in [0.25, 0.3) is 0 Å². The lowest BCUT2D eigenvalue weighted by Gasteiger charge is -2.02. The van der Waals surface area contributed by atoms with Crippen molar-refractivity contribution >= 4 is 17.6 Å². The standard InChI is InChI=1S/C9H7ClN4O2/c1-5-2-3-7(8(10)11-5)14-4-6(9(15)16)12-13-14/h2-4H,1H3,(H,15,16). The van der Waals surface area contributed by atoms with Gasteiger partial charge >= 0.3 is 5.97 Å². The molecular formula is C9H7ClN4O2. The molecule has 82 valence electrons. The third-order valence-corrected chi connectivity index (χ3v) is 2.21. The molecule has 2 rings (SSSR count). The Kier molecular flexibility index (Phi) is 2.57. The Balaban J connectivity index is 2.46. The van der Waals surface area contributed by atoms with Gasteiger partial charge in [-0.15, -0.1) is 5.10 Å². The maximum Gasteiger partial charge on any atom is 0.358 e. The van der Waals surface area contributed by atoms with Gasteiger partial charge in [0.2, 0.25) is 0 Å². The first-order valence-electron chi connectivity index (χ1n) is 4.37. The van der Waals surface area contributed by atoms with E-state index in [9.17, 15) is 4.79 Å². The molecule has 0 radical (unpaired) electrons. The average Bonchev–Trinajstić information content (AvgIpc) is 2.66. The van der Waals surface area contributed by atoms with E-state index in [0.717, 1.165) is 5.69 Å². The van der Waals surface area contributed by atoms with Crippen LogP contribution < -0.4 is 0 Å². The van der Waals surface area contributed by atoms with Crippen molar-refractivity contribution in [3.63, 3.8) is 0 Å². The molecule has 7 heteroatoms. The van der Waals surface area contributed by atoms with Crippen molar-refractivity contribution in [3.05, 3.63) is 34.9 Å². The van der Waals surface area contributed by atoms with Crippen LogP contribution >= 0.6 is 11.6 Å². The Morgan fingerprint density at radius 2 is 2.25 bits per heavy atom. The zero-order valence-corrected chi connectivity index (χ0v) is 9.01. The number of aryl methyl sites for hydroxylation is 1. The van der Waals surface area contributed by atoms with Crippen LogP contribution in [0.15, 0.2) is 18.3 Å². The Bertz CT molecular complexity index is 552. The van der Waals surface area contributed by atoms with Gasteiger partial charge in [0.05, 0.1) is 6.20 Å². The molecule has 0 spiro atoms. The number of carboxylic acid groups (broad SMARTS) is 1. The molecule has 2 aromatic heterocycles. The number of nitrogens with zero attached hydrogens (tertiary/aromatic N) is 4. The van der Waals surface area contributed by atoms with Gasteiger partial charge in [-0.1, -0.05) is 16.8 Å². The van der Waals surface area contributed by atoms with Crippen LogP contribution in [0.1, 0.15) is 16.2 Å². The lowest BCUT2D eigenvalue weighted by molar-refractivity contribution is 0.0690. The molecule has 0 atom stereocenters. The molecule has 0 aliphatic carbocycles. The molecule has 0 saturated carbocycles. The number of carboxylic acids is 1. The van der Waals surface area contributed by atoms with Gasteiger partial charge in [0.1, 0.15) is 5.69 Å². The van der Waals surface area contributed by atoms with E-state index in [-0.39, 0.29) is 10.8 Å². The monoisotopic (exact) mass is 238 g/mol. The number of pyridine rings is 1. The Morgan fingerprint density at radius 3 is 2.81 bits per heavy atom. The van der Waals surface area contributed by atoms with Crippen molar-refractivity contribution in [2.45, 2.75) is 6.92 Å². The minimum Gasteiger partial charge on any atom is -0.476 e. The summed E-state index contributed by atoms with van der Waals surface area (Å²) in [5.74, 6) is -1.14. The molecule has 0 amide bonds. The third-order valence-electron chi connectivity index (χ3n) is 1.93. The van der Waals surface area contributed by atoms with E-state index in [2.05, 4.69) is 15.3 Å². The van der Waals surface area contributed by atoms with Crippen LogP contribution in [0.3, 0.4) is 0 Å². The number of aromatic nitrogens is 4. The summed E-state index contributed by atoms with van der Waals surface area (Å²) in [7, 11) is 0. The van der Waals surface area contributed by atoms with Crippen molar-refractivity contribution in [1.82, 2.24) is 20.0 Å². The number of rotatable bonds is 2. The first-order chi connectivity index (χ1) is 7.58. The van der Waals surface area contributed by atoms with Gasteiger partial charge in [-0.25, -0.2) is 14.5 Å². The van der Waals surface area contributed by atoms with E-state index >= 15 is 0 Å². The molecule has 0 saturated heterocycles. The lowest BCUT2D eigenvalue weighted by Crippen LogP contribution is -1.98. The van der Waals surface area contributed by atoms with Crippen LogP contribution in [-0.4, -0.2) is 31.1 Å². The molecule has 16 heavy (non-hydrogen) atoms. The Hall–Kier alpha value is -1.95. The summed E-state index contributed by atoms with van der Waals surface area (Å²) >= 11 is 5.91. The number of aromatic carboxylic acids is 1. The van der Waals surface area contributed by atoms with Crippen LogP contribution in [0.25, 0.3) is 5.69 Å². The van der Waals surface area contributed by atoms with E-state index < -0.39 is 5.97 Å². The molecule has 0 aliphatic heterocycles. The average molecular weight is 239 g/mol. The topological polar surface area (TPSA) is 80.9 Å². The fourth-order valence-corrected chi connectivity index (χ4v) is 1.45. The highest BCUT2D eigenvalue weighted by Gasteiger charge is 2.11. The minimum atomic E-state index is -1.14. The van der Waals surface area contributed by atoms with E-state index in [0.29, 0.717) is 5.69 Å². The van der Waals surface area contributed by atoms with Crippen molar-refractivity contribution in [1.29, 1.82) is 0 Å². The highest BCUT2D eigenvalue weighted by Crippen LogP contribution is 2.17. The fourth-order valence-electron chi connectivity index (χ4n) is 1.17. The second-order valence-electron chi connectivity index (χ2n) is 3.12. The molecule has 0 unspecified atom stereocenters. The van der Waals surface area contributed by atoms with Crippen molar-refractivity contribution in [2.75, 3.05) is 0 Å². The maximum atomic E-state index is 10.6. The summed E-state index contributed by atoms with van der Waals surface area (Å²) in [4.78, 5) is 14.7. The lowest BCUT2D eigenvalue weighted by atomic mass is 10.3. The number of carbonyl (C=O) groups is 1. The van der Waals surface area contributed by atoms with Gasteiger partial charge in [-0.05, 0) is 19.1 Å². The summed E-state index contributed by atoms with van der Waals surface area (Å²) < 4.78 is 1.28. The first kappa shape index (κ1) is 10.6. The highest BCUT2D eigenvalue weighted by atomic mass is 35.5. The van der Waals surface area contributed by atoms with Crippen molar-refractivity contribution < 1.29 is 9.90 Å². The molecule has 1 N–H and O–H groups in total. The molecule has 0 aliphatic rings.